The van der Waals surface area contributed by atoms with Gasteiger partial charge in [-0.05, 0) is 56.5 Å². The molecule has 2 N–H and O–H groups in total. The summed E-state index contributed by atoms with van der Waals surface area (Å²) in [5.41, 5.74) is 0.493. The molecule has 2 fully saturated rings. The highest BCUT2D eigenvalue weighted by molar-refractivity contribution is 5.78. The molecule has 1 saturated heterocycles. The fraction of sp³-hybridized carbons (Fsp3) is 0.650. The van der Waals surface area contributed by atoms with Crippen LogP contribution in [0.3, 0.4) is 0 Å². The number of carbonyl (C=O) groups excluding carboxylic acids is 1. The van der Waals surface area contributed by atoms with Crippen molar-refractivity contribution in [1.29, 1.82) is 0 Å². The van der Waals surface area contributed by atoms with Crippen LogP contribution in [0.4, 0.5) is 4.39 Å². The molecule has 1 aliphatic carbocycles. The fourth-order valence-corrected chi connectivity index (χ4v) is 4.15. The number of amides is 1. The van der Waals surface area contributed by atoms with Gasteiger partial charge in [0.15, 0.2) is 0 Å². The summed E-state index contributed by atoms with van der Waals surface area (Å²) in [7, 11) is 0. The van der Waals surface area contributed by atoms with E-state index in [1.807, 2.05) is 0 Å². The van der Waals surface area contributed by atoms with Crippen molar-refractivity contribution < 1.29 is 14.3 Å². The molecule has 0 radical (unpaired) electrons. The van der Waals surface area contributed by atoms with Gasteiger partial charge in [-0.1, -0.05) is 31.4 Å². The van der Waals surface area contributed by atoms with Crippen LogP contribution in [0.25, 0.3) is 0 Å². The van der Waals surface area contributed by atoms with E-state index < -0.39 is 6.10 Å². The molecule has 0 aromatic heterocycles. The molecule has 2 aliphatic rings. The van der Waals surface area contributed by atoms with E-state index in [1.165, 1.54) is 44.2 Å². The molecule has 5 heteroatoms. The van der Waals surface area contributed by atoms with Gasteiger partial charge in [0.2, 0.25) is 5.91 Å². The van der Waals surface area contributed by atoms with Crippen molar-refractivity contribution in [3.05, 3.63) is 35.6 Å². The Balaban J connectivity index is 1.42. The Labute approximate surface area is 149 Å². The van der Waals surface area contributed by atoms with Gasteiger partial charge in [0.05, 0.1) is 6.10 Å². The van der Waals surface area contributed by atoms with Crippen LogP contribution in [-0.4, -0.2) is 41.6 Å². The van der Waals surface area contributed by atoms with Gasteiger partial charge < -0.3 is 15.3 Å². The smallest absolute Gasteiger partial charge is 0.223 e. The van der Waals surface area contributed by atoms with Crippen LogP contribution in [0.1, 0.15) is 56.6 Å². The molecular formula is C20H29FN2O2. The number of nitrogens with zero attached hydrogens (tertiary/aromatic N) is 1. The number of hydrogen-bond acceptors (Lipinski definition) is 3. The van der Waals surface area contributed by atoms with Crippen molar-refractivity contribution >= 4 is 5.91 Å². The van der Waals surface area contributed by atoms with Gasteiger partial charge in [-0.25, -0.2) is 4.39 Å². The molecule has 1 saturated carbocycles. The number of halogens is 1. The molecule has 0 bridgehead atoms. The number of benzene rings is 1. The van der Waals surface area contributed by atoms with Crippen LogP contribution in [0.2, 0.25) is 0 Å². The predicted octanol–water partition coefficient (Wildman–Crippen LogP) is 3.02. The molecule has 3 rings (SSSR count). The minimum absolute atomic E-state index is 0.0127. The minimum atomic E-state index is -0.873. The van der Waals surface area contributed by atoms with Gasteiger partial charge in [0, 0.05) is 18.5 Å². The van der Waals surface area contributed by atoms with Crippen LogP contribution in [0, 0.1) is 11.7 Å². The molecule has 1 aromatic carbocycles. The van der Waals surface area contributed by atoms with Crippen molar-refractivity contribution in [3.63, 3.8) is 0 Å². The first-order valence-electron chi connectivity index (χ1n) is 9.59. The first-order chi connectivity index (χ1) is 12.1. The lowest BCUT2D eigenvalue weighted by atomic mass is 9.90. The van der Waals surface area contributed by atoms with Crippen LogP contribution in [-0.2, 0) is 4.79 Å². The monoisotopic (exact) mass is 348 g/mol. The molecule has 25 heavy (non-hydrogen) atoms. The summed E-state index contributed by atoms with van der Waals surface area (Å²) in [5, 5.41) is 12.9. The van der Waals surface area contributed by atoms with Gasteiger partial charge in [-0.3, -0.25) is 4.79 Å². The van der Waals surface area contributed by atoms with E-state index in [0.29, 0.717) is 11.6 Å². The zero-order chi connectivity index (χ0) is 17.6. The molecule has 1 heterocycles. The molecule has 1 amide bonds. The van der Waals surface area contributed by atoms with E-state index in [0.717, 1.165) is 25.9 Å². The zero-order valence-electron chi connectivity index (χ0n) is 14.8. The van der Waals surface area contributed by atoms with Gasteiger partial charge in [-0.15, -0.1) is 0 Å². The summed E-state index contributed by atoms with van der Waals surface area (Å²) in [4.78, 5) is 14.9. The second-order valence-electron chi connectivity index (χ2n) is 7.42. The molecule has 0 spiro atoms. The van der Waals surface area contributed by atoms with Crippen LogP contribution in [0.5, 0.6) is 0 Å². The minimum Gasteiger partial charge on any atom is -0.387 e. The van der Waals surface area contributed by atoms with Gasteiger partial charge in [-0.2, -0.15) is 0 Å². The quantitative estimate of drug-likeness (QED) is 0.860. The van der Waals surface area contributed by atoms with Crippen molar-refractivity contribution in [2.75, 3.05) is 19.6 Å². The van der Waals surface area contributed by atoms with Crippen LogP contribution in [0.15, 0.2) is 24.3 Å². The molecule has 138 valence electrons. The number of aliphatic hydroxyl groups is 1. The lowest BCUT2D eigenvalue weighted by Gasteiger charge is -2.39. The van der Waals surface area contributed by atoms with E-state index in [1.54, 1.807) is 12.1 Å². The maximum Gasteiger partial charge on any atom is 0.223 e. The average molecular weight is 348 g/mol. The van der Waals surface area contributed by atoms with Crippen molar-refractivity contribution in [2.24, 2.45) is 5.92 Å². The summed E-state index contributed by atoms with van der Waals surface area (Å²) < 4.78 is 13.2. The number of aliphatic hydroxyl groups excluding tert-OH is 1. The fourth-order valence-electron chi connectivity index (χ4n) is 4.15. The third-order valence-electron chi connectivity index (χ3n) is 5.69. The van der Waals surface area contributed by atoms with Crippen molar-refractivity contribution in [2.45, 2.75) is 57.1 Å². The third kappa shape index (κ3) is 5.02. The van der Waals surface area contributed by atoms with E-state index in [2.05, 4.69) is 10.2 Å². The maximum absolute atomic E-state index is 13.2. The molecule has 0 unspecified atom stereocenters. The number of nitrogens with one attached hydrogen (secondary N) is 1. The van der Waals surface area contributed by atoms with Gasteiger partial charge >= 0.3 is 0 Å². The Morgan fingerprint density at radius 3 is 2.60 bits per heavy atom. The molecule has 1 atom stereocenters. The Hall–Kier alpha value is -1.46. The topological polar surface area (TPSA) is 52.6 Å². The second-order valence-corrected chi connectivity index (χ2v) is 7.42. The Morgan fingerprint density at radius 1 is 1.20 bits per heavy atom. The normalized spacial score (nSPS) is 21.8. The molecule has 1 aromatic rings. The lowest BCUT2D eigenvalue weighted by Crippen LogP contribution is -2.45. The molecule has 1 aliphatic heterocycles. The van der Waals surface area contributed by atoms with Gasteiger partial charge in [0.25, 0.3) is 0 Å². The zero-order valence-corrected chi connectivity index (χ0v) is 14.8. The van der Waals surface area contributed by atoms with E-state index >= 15 is 0 Å². The number of carbonyl (C=O) groups is 1. The average Bonchev–Trinajstić information content (AvgIpc) is 2.66. The Morgan fingerprint density at radius 2 is 1.92 bits per heavy atom. The highest BCUT2D eigenvalue weighted by Gasteiger charge is 2.29. The van der Waals surface area contributed by atoms with Crippen molar-refractivity contribution in [3.8, 4) is 0 Å². The number of likely N-dealkylation sites (tertiary alicyclic amines) is 1. The molecule has 4 nitrogen and oxygen atoms in total. The van der Waals surface area contributed by atoms with E-state index in [4.69, 9.17) is 0 Å². The SMILES string of the molecule is O=C(NC[C@H](O)c1cccc(F)c1)C1CCN(C2CCCCC2)CC1. The largest absolute Gasteiger partial charge is 0.387 e. The van der Waals surface area contributed by atoms with E-state index in [-0.39, 0.29) is 24.2 Å². The van der Waals surface area contributed by atoms with E-state index in [9.17, 15) is 14.3 Å². The number of hydrogen-bond donors (Lipinski definition) is 2. The highest BCUT2D eigenvalue weighted by atomic mass is 19.1. The summed E-state index contributed by atoms with van der Waals surface area (Å²) in [6.07, 6.45) is 7.54. The molecular weight excluding hydrogens is 319 g/mol. The standard InChI is InChI=1S/C20H29FN2O2/c21-17-6-4-5-16(13-17)19(24)14-22-20(25)15-9-11-23(12-10-15)18-7-2-1-3-8-18/h4-6,13,15,18-19,24H,1-3,7-12,14H2,(H,22,25)/t19-/m0/s1. The first kappa shape index (κ1) is 18.3. The first-order valence-corrected chi connectivity index (χ1v) is 9.59. The second kappa shape index (κ2) is 8.77. The Kier molecular flexibility index (Phi) is 6.43. The summed E-state index contributed by atoms with van der Waals surface area (Å²) in [5.74, 6) is -0.337. The summed E-state index contributed by atoms with van der Waals surface area (Å²) >= 11 is 0. The highest BCUT2D eigenvalue weighted by Crippen LogP contribution is 2.27. The number of piperidine rings is 1. The van der Waals surface area contributed by atoms with Crippen LogP contribution >= 0.6 is 0 Å². The van der Waals surface area contributed by atoms with Crippen LogP contribution < -0.4 is 5.32 Å². The summed E-state index contributed by atoms with van der Waals surface area (Å²) in [6.45, 7) is 2.12. The lowest BCUT2D eigenvalue weighted by molar-refractivity contribution is -0.127. The Bertz CT molecular complexity index is 567. The van der Waals surface area contributed by atoms with Crippen molar-refractivity contribution in [1.82, 2.24) is 10.2 Å². The number of rotatable bonds is 5. The summed E-state index contributed by atoms with van der Waals surface area (Å²) in [6, 6.07) is 6.60. The third-order valence-corrected chi connectivity index (χ3v) is 5.69. The predicted molar refractivity (Wildman–Crippen MR) is 95.5 cm³/mol. The van der Waals surface area contributed by atoms with Gasteiger partial charge in [0.1, 0.15) is 5.82 Å². The maximum atomic E-state index is 13.2.